The molecule has 0 aliphatic carbocycles. The summed E-state index contributed by atoms with van der Waals surface area (Å²) >= 11 is 12.5. The van der Waals surface area contributed by atoms with Crippen LogP contribution in [0.3, 0.4) is 0 Å². The molecule has 1 N–H and O–H groups in total. The molecule has 192 valence electrons. The van der Waals surface area contributed by atoms with Crippen molar-refractivity contribution in [1.82, 2.24) is 5.32 Å². The molecule has 36 heavy (non-hydrogen) atoms. The fourth-order valence-corrected chi connectivity index (χ4v) is 5.89. The number of halogens is 2. The fourth-order valence-electron chi connectivity index (χ4n) is 4.00. The van der Waals surface area contributed by atoms with Gasteiger partial charge in [-0.05, 0) is 78.9 Å². The van der Waals surface area contributed by atoms with Crippen LogP contribution in [0.2, 0.25) is 10.0 Å². The van der Waals surface area contributed by atoms with Crippen molar-refractivity contribution >= 4 is 44.8 Å². The molecule has 0 spiro atoms. The minimum atomic E-state index is -4.11. The van der Waals surface area contributed by atoms with E-state index in [4.69, 9.17) is 27.9 Å². The van der Waals surface area contributed by atoms with Crippen molar-refractivity contribution in [2.24, 2.45) is 0 Å². The first-order valence-electron chi connectivity index (χ1n) is 11.5. The van der Waals surface area contributed by atoms with Crippen LogP contribution in [0, 0.1) is 6.92 Å². The van der Waals surface area contributed by atoms with Gasteiger partial charge in [0.25, 0.3) is 10.0 Å². The molecule has 0 aliphatic heterocycles. The van der Waals surface area contributed by atoms with Crippen LogP contribution < -0.4 is 14.4 Å². The Labute approximate surface area is 223 Å². The van der Waals surface area contributed by atoms with Crippen LogP contribution in [0.15, 0.2) is 65.6 Å². The maximum atomic E-state index is 13.6. The van der Waals surface area contributed by atoms with Crippen molar-refractivity contribution in [3.63, 3.8) is 0 Å². The van der Waals surface area contributed by atoms with E-state index in [9.17, 15) is 13.2 Å². The molecule has 0 unspecified atom stereocenters. The van der Waals surface area contributed by atoms with Gasteiger partial charge in [-0.15, -0.1) is 0 Å². The Bertz CT molecular complexity index is 1350. The highest BCUT2D eigenvalue weighted by molar-refractivity contribution is 7.92. The van der Waals surface area contributed by atoms with Gasteiger partial charge in [0.15, 0.2) is 0 Å². The van der Waals surface area contributed by atoms with Crippen LogP contribution in [-0.2, 0) is 14.8 Å². The lowest BCUT2D eigenvalue weighted by molar-refractivity contribution is -0.120. The van der Waals surface area contributed by atoms with Gasteiger partial charge in [-0.2, -0.15) is 0 Å². The number of ether oxygens (including phenoxy) is 1. The second kappa shape index (κ2) is 11.5. The summed E-state index contributed by atoms with van der Waals surface area (Å²) in [5.41, 5.74) is 3.03. The summed E-state index contributed by atoms with van der Waals surface area (Å²) < 4.78 is 33.6. The number of aryl methyl sites for hydroxylation is 1. The number of sulfonamides is 1. The maximum Gasteiger partial charge on any atom is 0.264 e. The number of carbonyl (C=O) groups excluding carboxylic acids is 1. The summed E-state index contributed by atoms with van der Waals surface area (Å²) in [6, 6.07) is 16.0. The lowest BCUT2D eigenvalue weighted by atomic mass is 9.93. The first-order chi connectivity index (χ1) is 16.9. The molecule has 1 amide bonds. The monoisotopic (exact) mass is 548 g/mol. The van der Waals surface area contributed by atoms with Crippen molar-refractivity contribution in [3.8, 4) is 5.75 Å². The number of benzene rings is 3. The predicted molar refractivity (Wildman–Crippen MR) is 146 cm³/mol. The summed E-state index contributed by atoms with van der Waals surface area (Å²) in [7, 11) is -2.48. The molecule has 9 heteroatoms. The molecule has 0 saturated heterocycles. The Morgan fingerprint density at radius 2 is 1.67 bits per heavy atom. The minimum absolute atomic E-state index is 0.0365. The van der Waals surface area contributed by atoms with E-state index in [0.29, 0.717) is 5.02 Å². The standard InChI is InChI=1S/C27H30Cl2N2O4S/c1-17(2)22-15-23(18(3)13-26(22)35-5)19(4)30-27(32)16-31(25-14-20(28)11-12-24(25)29)36(33,34)21-9-7-6-8-10-21/h6-15,17,19H,16H2,1-5H3,(H,30,32)/t19-/m1/s1. The van der Waals surface area contributed by atoms with Crippen molar-refractivity contribution < 1.29 is 17.9 Å². The Hall–Kier alpha value is -2.74. The summed E-state index contributed by atoms with van der Waals surface area (Å²) in [5.74, 6) is 0.526. The zero-order valence-corrected chi connectivity index (χ0v) is 23.2. The number of amides is 1. The van der Waals surface area contributed by atoms with Crippen LogP contribution >= 0.6 is 23.2 Å². The lowest BCUT2D eigenvalue weighted by Crippen LogP contribution is -2.41. The maximum absolute atomic E-state index is 13.6. The smallest absolute Gasteiger partial charge is 0.264 e. The largest absolute Gasteiger partial charge is 0.496 e. The lowest BCUT2D eigenvalue weighted by Gasteiger charge is -2.26. The van der Waals surface area contributed by atoms with Crippen molar-refractivity contribution in [1.29, 1.82) is 0 Å². The fraction of sp³-hybridized carbons (Fsp3) is 0.296. The average molecular weight is 550 g/mol. The topological polar surface area (TPSA) is 75.7 Å². The normalized spacial score (nSPS) is 12.3. The number of rotatable bonds is 9. The average Bonchev–Trinajstić information content (AvgIpc) is 2.84. The Kier molecular flexibility index (Phi) is 8.93. The van der Waals surface area contributed by atoms with E-state index in [1.54, 1.807) is 31.4 Å². The van der Waals surface area contributed by atoms with Gasteiger partial charge < -0.3 is 10.1 Å². The molecular weight excluding hydrogens is 519 g/mol. The molecule has 6 nitrogen and oxygen atoms in total. The molecule has 0 heterocycles. The molecule has 0 radical (unpaired) electrons. The third-order valence-corrected chi connectivity index (χ3v) is 8.21. The van der Waals surface area contributed by atoms with Gasteiger partial charge in [0.05, 0.1) is 28.8 Å². The Morgan fingerprint density at radius 1 is 1.00 bits per heavy atom. The van der Waals surface area contributed by atoms with Crippen LogP contribution in [0.4, 0.5) is 5.69 Å². The highest BCUT2D eigenvalue weighted by atomic mass is 35.5. The van der Waals surface area contributed by atoms with Crippen molar-refractivity contribution in [2.75, 3.05) is 18.0 Å². The first-order valence-corrected chi connectivity index (χ1v) is 13.7. The highest BCUT2D eigenvalue weighted by Crippen LogP contribution is 2.34. The van der Waals surface area contributed by atoms with Gasteiger partial charge in [-0.25, -0.2) is 8.42 Å². The number of hydrogen-bond donors (Lipinski definition) is 1. The molecule has 0 fully saturated rings. The third kappa shape index (κ3) is 6.14. The predicted octanol–water partition coefficient (Wildman–Crippen LogP) is 6.51. The number of hydrogen-bond acceptors (Lipinski definition) is 4. The summed E-state index contributed by atoms with van der Waals surface area (Å²) in [6.45, 7) is 7.47. The zero-order valence-electron chi connectivity index (χ0n) is 20.9. The van der Waals surface area contributed by atoms with E-state index in [0.717, 1.165) is 26.7 Å². The molecule has 3 aromatic carbocycles. The van der Waals surface area contributed by atoms with Crippen molar-refractivity contribution in [3.05, 3.63) is 87.4 Å². The number of nitrogens with one attached hydrogen (secondary N) is 1. The Balaban J connectivity index is 1.95. The highest BCUT2D eigenvalue weighted by Gasteiger charge is 2.29. The van der Waals surface area contributed by atoms with Crippen LogP contribution in [0.5, 0.6) is 5.75 Å². The molecule has 0 aromatic heterocycles. The van der Waals surface area contributed by atoms with Gasteiger partial charge in [-0.3, -0.25) is 9.10 Å². The van der Waals surface area contributed by atoms with E-state index in [1.807, 2.05) is 26.0 Å². The summed E-state index contributed by atoms with van der Waals surface area (Å²) in [6.07, 6.45) is 0. The number of nitrogens with zero attached hydrogens (tertiary/aromatic N) is 1. The summed E-state index contributed by atoms with van der Waals surface area (Å²) in [4.78, 5) is 13.3. The van der Waals surface area contributed by atoms with E-state index in [2.05, 4.69) is 19.2 Å². The van der Waals surface area contributed by atoms with E-state index >= 15 is 0 Å². The van der Waals surface area contributed by atoms with Crippen molar-refractivity contribution in [2.45, 2.75) is 44.6 Å². The van der Waals surface area contributed by atoms with E-state index in [1.165, 1.54) is 24.3 Å². The van der Waals surface area contributed by atoms with Gasteiger partial charge in [-0.1, -0.05) is 55.2 Å². The zero-order chi connectivity index (χ0) is 26.6. The second-order valence-corrected chi connectivity index (χ2v) is 11.5. The molecular formula is C27H30Cl2N2O4S. The number of anilines is 1. The molecule has 3 rings (SSSR count). The molecule has 1 atom stereocenters. The van der Waals surface area contributed by atoms with Crippen LogP contribution in [0.25, 0.3) is 0 Å². The van der Waals surface area contributed by atoms with E-state index in [-0.39, 0.29) is 27.6 Å². The third-order valence-electron chi connectivity index (χ3n) is 5.88. The van der Waals surface area contributed by atoms with Gasteiger partial charge in [0, 0.05) is 5.02 Å². The number of carbonyl (C=O) groups is 1. The molecule has 0 aliphatic rings. The quantitative estimate of drug-likeness (QED) is 0.330. The molecule has 0 bridgehead atoms. The number of methoxy groups -OCH3 is 1. The molecule has 0 saturated carbocycles. The van der Waals surface area contributed by atoms with Crippen LogP contribution in [0.1, 0.15) is 49.4 Å². The summed E-state index contributed by atoms with van der Waals surface area (Å²) in [5, 5.41) is 3.39. The van der Waals surface area contributed by atoms with Gasteiger partial charge in [0.2, 0.25) is 5.91 Å². The SMILES string of the molecule is COc1cc(C)c([C@@H](C)NC(=O)CN(c2cc(Cl)ccc2Cl)S(=O)(=O)c2ccccc2)cc1C(C)C. The Morgan fingerprint density at radius 3 is 2.28 bits per heavy atom. The second-order valence-electron chi connectivity index (χ2n) is 8.82. The minimum Gasteiger partial charge on any atom is -0.496 e. The van der Waals surface area contributed by atoms with Gasteiger partial charge >= 0.3 is 0 Å². The van der Waals surface area contributed by atoms with Gasteiger partial charge in [0.1, 0.15) is 12.3 Å². The first kappa shape index (κ1) is 27.8. The van der Waals surface area contributed by atoms with Crippen LogP contribution in [-0.4, -0.2) is 28.0 Å². The van der Waals surface area contributed by atoms with E-state index < -0.39 is 22.5 Å². The molecule has 3 aromatic rings.